The van der Waals surface area contributed by atoms with Gasteiger partial charge in [0.2, 0.25) is 5.69 Å². The maximum atomic E-state index is 7.91. The summed E-state index contributed by atoms with van der Waals surface area (Å²) in [6.45, 7) is 23.1. The van der Waals surface area contributed by atoms with Gasteiger partial charge in [0.25, 0.3) is 0 Å². The molecule has 0 amide bonds. The van der Waals surface area contributed by atoms with Crippen molar-refractivity contribution in [2.45, 2.75) is 85.9 Å². The summed E-state index contributed by atoms with van der Waals surface area (Å²) < 4.78 is 15.5. The average Bonchev–Trinajstić information content (AvgIpc) is 3.80. The van der Waals surface area contributed by atoms with E-state index in [4.69, 9.17) is 4.74 Å². The van der Waals surface area contributed by atoms with Crippen molar-refractivity contribution in [3.8, 4) is 78.6 Å². The van der Waals surface area contributed by atoms with Crippen LogP contribution in [0.25, 0.3) is 83.9 Å². The molecule has 0 bridgehead atoms. The summed E-state index contributed by atoms with van der Waals surface area (Å²) in [6.07, 6.45) is 2.29. The molecule has 4 nitrogen and oxygen atoms in total. The van der Waals surface area contributed by atoms with Crippen LogP contribution in [0.5, 0.6) is 5.75 Å². The van der Waals surface area contributed by atoms with Crippen LogP contribution in [-0.4, -0.2) is 4.57 Å². The number of fused-ring (bicyclic) bond motifs is 5. The Labute approximate surface area is 389 Å². The van der Waals surface area contributed by atoms with E-state index in [9.17, 15) is 0 Å². The lowest BCUT2D eigenvalue weighted by molar-refractivity contribution is -0.997. The molecule has 1 spiro atoms. The van der Waals surface area contributed by atoms with Crippen molar-refractivity contribution in [1.82, 2.24) is 4.57 Å². The normalized spacial score (nSPS) is 15.6. The van der Waals surface area contributed by atoms with Crippen LogP contribution in [0.15, 0.2) is 164 Å². The summed E-state index contributed by atoms with van der Waals surface area (Å²) >= 11 is 0. The Morgan fingerprint density at radius 2 is 1.18 bits per heavy atom. The summed E-state index contributed by atoms with van der Waals surface area (Å²) in [5.41, 5.74) is 22.5. The molecule has 4 heteroatoms. The van der Waals surface area contributed by atoms with Crippen LogP contribution < -0.4 is 13.9 Å². The molecule has 1 atom stereocenters. The van der Waals surface area contributed by atoms with Gasteiger partial charge in [-0.3, -0.25) is 0 Å². The fourth-order valence-electron chi connectivity index (χ4n) is 11.1. The molecule has 0 saturated carbocycles. The molecular weight excluding hydrogens is 803 g/mol. The van der Waals surface area contributed by atoms with Crippen molar-refractivity contribution in [2.75, 3.05) is 0 Å². The van der Waals surface area contributed by atoms with Crippen molar-refractivity contribution >= 4 is 11.0 Å². The number of imidazole rings is 1. The highest BCUT2D eigenvalue weighted by Crippen LogP contribution is 2.55. The van der Waals surface area contributed by atoms with E-state index in [1.807, 2.05) is 0 Å². The molecule has 3 aliphatic heterocycles. The molecule has 12 rings (SSSR count). The highest BCUT2D eigenvalue weighted by atomic mass is 16.5. The van der Waals surface area contributed by atoms with Crippen LogP contribution in [0.3, 0.4) is 0 Å². The number of hydrogen-bond acceptors (Lipinski definition) is 1. The lowest BCUT2D eigenvalue weighted by atomic mass is 9.65. The van der Waals surface area contributed by atoms with Crippen LogP contribution in [-0.2, 0) is 16.7 Å². The van der Waals surface area contributed by atoms with Gasteiger partial charge in [0, 0.05) is 28.8 Å². The molecule has 5 heterocycles. The first-order valence-corrected chi connectivity index (χ1v) is 23.6. The summed E-state index contributed by atoms with van der Waals surface area (Å²) in [5, 5.41) is 0. The first-order chi connectivity index (χ1) is 31.6. The Balaban J connectivity index is 1.22. The third-order valence-corrected chi connectivity index (χ3v) is 15.5. The Morgan fingerprint density at radius 1 is 0.515 bits per heavy atom. The van der Waals surface area contributed by atoms with Crippen LogP contribution >= 0.6 is 0 Å². The van der Waals surface area contributed by atoms with Gasteiger partial charge in [0.1, 0.15) is 16.8 Å². The van der Waals surface area contributed by atoms with E-state index in [0.717, 1.165) is 45.1 Å². The molecule has 1 unspecified atom stereocenters. The van der Waals surface area contributed by atoms with Crippen molar-refractivity contribution in [1.29, 1.82) is 0 Å². The topological polar surface area (TPSA) is 21.9 Å². The maximum Gasteiger partial charge on any atom is 0.499 e. The van der Waals surface area contributed by atoms with Gasteiger partial charge in [0.15, 0.2) is 23.0 Å². The first-order valence-electron chi connectivity index (χ1n) is 23.6. The maximum absolute atomic E-state index is 7.91. The number of para-hydroxylation sites is 1. The van der Waals surface area contributed by atoms with Gasteiger partial charge in [-0.25, -0.2) is 0 Å². The van der Waals surface area contributed by atoms with E-state index in [2.05, 4.69) is 247 Å². The Hall–Kier alpha value is -7.04. The van der Waals surface area contributed by atoms with Crippen molar-refractivity contribution in [2.24, 2.45) is 5.41 Å². The largest absolute Gasteiger partial charge is 0.499 e. The van der Waals surface area contributed by atoms with Crippen molar-refractivity contribution < 1.29 is 13.9 Å². The zero-order chi connectivity index (χ0) is 45.7. The second-order valence-electron chi connectivity index (χ2n) is 21.6. The van der Waals surface area contributed by atoms with E-state index >= 15 is 0 Å². The van der Waals surface area contributed by atoms with Crippen molar-refractivity contribution in [3.63, 3.8) is 0 Å². The van der Waals surface area contributed by atoms with Gasteiger partial charge < -0.3 is 4.74 Å². The predicted molar refractivity (Wildman–Crippen MR) is 270 cm³/mol. The van der Waals surface area contributed by atoms with E-state index in [0.29, 0.717) is 0 Å². The third-order valence-electron chi connectivity index (χ3n) is 15.5. The summed E-state index contributed by atoms with van der Waals surface area (Å²) in [6, 6.07) is 59.2. The van der Waals surface area contributed by atoms with E-state index in [1.165, 1.54) is 72.3 Å². The summed E-state index contributed by atoms with van der Waals surface area (Å²) in [5.74, 6) is 0.952. The monoisotopic (exact) mass is 859 g/mol. The number of benzene rings is 7. The highest BCUT2D eigenvalue weighted by molar-refractivity contribution is 5.99. The first kappa shape index (κ1) is 40.5. The molecule has 0 N–H and O–H groups in total. The minimum absolute atomic E-state index is 0.0356. The van der Waals surface area contributed by atoms with Crippen LogP contribution in [0, 0.1) is 19.3 Å². The predicted octanol–water partition coefficient (Wildman–Crippen LogP) is 14.7. The second kappa shape index (κ2) is 13.7. The highest BCUT2D eigenvalue weighted by Gasteiger charge is 2.68. The average molecular weight is 860 g/mol. The molecule has 0 aliphatic carbocycles. The Bertz CT molecular complexity index is 3490. The van der Waals surface area contributed by atoms with Crippen molar-refractivity contribution in [3.05, 3.63) is 192 Å². The molecule has 0 fully saturated rings. The molecule has 0 radical (unpaired) electrons. The Morgan fingerprint density at radius 3 is 1.88 bits per heavy atom. The number of nitrogens with zero attached hydrogens (tertiary/aromatic N) is 3. The quantitative estimate of drug-likeness (QED) is 0.158. The lowest BCUT2D eigenvalue weighted by Crippen LogP contribution is -2.78. The number of aryl methyl sites for hydroxylation is 2. The fourth-order valence-corrected chi connectivity index (χ4v) is 11.1. The van der Waals surface area contributed by atoms with E-state index < -0.39 is 5.85 Å². The molecular formula is C62H57N3O+2. The van der Waals surface area contributed by atoms with Gasteiger partial charge in [-0.15, -0.1) is 9.13 Å². The minimum Gasteiger partial charge on any atom is -0.392 e. The van der Waals surface area contributed by atoms with Crippen LogP contribution in [0.1, 0.15) is 83.2 Å². The number of aromatic nitrogens is 3. The molecule has 324 valence electrons. The van der Waals surface area contributed by atoms with Gasteiger partial charge >= 0.3 is 11.7 Å². The summed E-state index contributed by atoms with van der Waals surface area (Å²) in [7, 11) is 0. The van der Waals surface area contributed by atoms with E-state index in [-0.39, 0.29) is 16.2 Å². The number of ether oxygens (including phenoxy) is 1. The SMILES string of the molecule is Cc1cc(C)c2c(c1)-c1n(-c3ccc(C(C)(C)C(C)(C)C)cc3-c3ccccc3)c3cccc4c3[n+]1C1(O2)c2c-4cc(-c3ccccc3)cc2-c2cc(-c3ccc(C(C)(C)C)cc3)cc[n+]21. The molecule has 9 aromatic rings. The smallest absolute Gasteiger partial charge is 0.392 e. The number of pyridine rings is 1. The van der Waals surface area contributed by atoms with Crippen LogP contribution in [0.4, 0.5) is 0 Å². The molecule has 2 aromatic heterocycles. The standard InChI is InChI=1S/C62H57N3O/c1-38-32-39(2)57-51(33-38)58-64(52-29-28-46(61(9,10)60(6,7)8)37-48(52)42-20-15-12-16-21-42)53-23-17-22-47-49-34-44(40-18-13-11-14-19-40)35-50-54-36-43(41-24-26-45(27-25-41)59(3,4)5)30-31-63(54)62(66-57,55(49)50)65(58)56(47)53/h11-37H,1-10H3/q+2. The fraction of sp³-hybridized carbons (Fsp3) is 0.226. The molecule has 7 aromatic carbocycles. The van der Waals surface area contributed by atoms with Gasteiger partial charge in [0.05, 0.1) is 5.56 Å². The lowest BCUT2D eigenvalue weighted by Gasteiger charge is -2.39. The van der Waals surface area contributed by atoms with Crippen LogP contribution in [0.2, 0.25) is 0 Å². The van der Waals surface area contributed by atoms with E-state index in [1.54, 1.807) is 0 Å². The number of rotatable bonds is 5. The van der Waals surface area contributed by atoms with Gasteiger partial charge in [-0.2, -0.15) is 4.57 Å². The third kappa shape index (κ3) is 5.57. The molecule has 0 saturated heterocycles. The molecule has 66 heavy (non-hydrogen) atoms. The Kier molecular flexibility index (Phi) is 8.43. The van der Waals surface area contributed by atoms with Gasteiger partial charge in [-0.1, -0.05) is 159 Å². The van der Waals surface area contributed by atoms with Gasteiger partial charge in [-0.05, 0) is 123 Å². The minimum atomic E-state index is -1.06. The second-order valence-corrected chi connectivity index (χ2v) is 21.6. The number of hydrogen-bond donors (Lipinski definition) is 0. The molecule has 3 aliphatic rings. The zero-order valence-corrected chi connectivity index (χ0v) is 39.8. The summed E-state index contributed by atoms with van der Waals surface area (Å²) in [4.78, 5) is 0. The zero-order valence-electron chi connectivity index (χ0n) is 39.8.